The van der Waals surface area contributed by atoms with Crippen LogP contribution in [0.3, 0.4) is 0 Å². The molecular formula is C14H24N4O. The molecule has 0 aliphatic rings. The van der Waals surface area contributed by atoms with Crippen molar-refractivity contribution in [2.24, 2.45) is 10.8 Å². The molecule has 1 aromatic carbocycles. The van der Waals surface area contributed by atoms with Crippen molar-refractivity contribution in [3.63, 3.8) is 0 Å². The maximum atomic E-state index is 5.42. The Bertz CT molecular complexity index is 406. The fourth-order valence-corrected chi connectivity index (χ4v) is 1.56. The van der Waals surface area contributed by atoms with Crippen molar-refractivity contribution in [1.29, 1.82) is 0 Å². The normalized spacial score (nSPS) is 12.4. The van der Waals surface area contributed by atoms with Gasteiger partial charge < -0.3 is 10.1 Å². The molecule has 5 heteroatoms. The fraction of sp³-hybridized carbons (Fsp3) is 0.500. The first-order valence-electron chi connectivity index (χ1n) is 6.35. The van der Waals surface area contributed by atoms with Crippen LogP contribution in [-0.4, -0.2) is 26.2 Å². The molecule has 0 bridgehead atoms. The Morgan fingerprint density at radius 3 is 2.37 bits per heavy atom. The minimum absolute atomic E-state index is 0.153. The Labute approximate surface area is 115 Å². The number of hydrazine groups is 1. The van der Waals surface area contributed by atoms with E-state index in [1.807, 2.05) is 12.1 Å². The van der Waals surface area contributed by atoms with Gasteiger partial charge in [0.1, 0.15) is 0 Å². The predicted octanol–water partition coefficient (Wildman–Crippen LogP) is 1.86. The molecular weight excluding hydrogens is 240 g/mol. The van der Waals surface area contributed by atoms with E-state index in [0.29, 0.717) is 19.1 Å². The lowest BCUT2D eigenvalue weighted by molar-refractivity contribution is 0.208. The van der Waals surface area contributed by atoms with Crippen molar-refractivity contribution in [2.75, 3.05) is 25.6 Å². The molecule has 0 radical (unpaired) electrons. The topological polar surface area (TPSA) is 71.7 Å². The largest absolute Gasteiger partial charge is 0.383 e. The van der Waals surface area contributed by atoms with Gasteiger partial charge in [-0.1, -0.05) is 32.9 Å². The monoisotopic (exact) mass is 264 g/mol. The van der Waals surface area contributed by atoms with Gasteiger partial charge in [-0.05, 0) is 23.1 Å². The average molecular weight is 264 g/mol. The minimum Gasteiger partial charge on any atom is -0.383 e. The molecule has 0 saturated carbocycles. The van der Waals surface area contributed by atoms with Crippen LogP contribution in [-0.2, 0) is 10.2 Å². The highest BCUT2D eigenvalue weighted by molar-refractivity contribution is 5.93. The summed E-state index contributed by atoms with van der Waals surface area (Å²) in [6.07, 6.45) is 0. The third kappa shape index (κ3) is 5.28. The number of nitrogens with zero attached hydrogens (tertiary/aromatic N) is 1. The average Bonchev–Trinajstić information content (AvgIpc) is 2.37. The van der Waals surface area contributed by atoms with Crippen LogP contribution in [0.25, 0.3) is 0 Å². The van der Waals surface area contributed by atoms with Gasteiger partial charge in [0.2, 0.25) is 5.96 Å². The Morgan fingerprint density at radius 2 is 1.89 bits per heavy atom. The SMILES string of the molecule is COCCN=C(NN)Nc1ccc(C(C)(C)C)cc1. The molecule has 1 rings (SSSR count). The van der Waals surface area contributed by atoms with E-state index in [-0.39, 0.29) is 5.41 Å². The molecule has 4 N–H and O–H groups in total. The van der Waals surface area contributed by atoms with Crippen LogP contribution in [0.5, 0.6) is 0 Å². The zero-order valence-electron chi connectivity index (χ0n) is 12.2. The minimum atomic E-state index is 0.153. The predicted molar refractivity (Wildman–Crippen MR) is 80.3 cm³/mol. The van der Waals surface area contributed by atoms with Gasteiger partial charge in [0.25, 0.3) is 0 Å². The number of hydrogen-bond donors (Lipinski definition) is 3. The van der Waals surface area contributed by atoms with Crippen molar-refractivity contribution in [3.8, 4) is 0 Å². The number of anilines is 1. The molecule has 1 aromatic rings. The van der Waals surface area contributed by atoms with E-state index in [2.05, 4.69) is 48.6 Å². The number of guanidine groups is 1. The number of nitrogens with one attached hydrogen (secondary N) is 2. The van der Waals surface area contributed by atoms with Crippen molar-refractivity contribution in [1.82, 2.24) is 5.43 Å². The molecule has 0 spiro atoms. The fourth-order valence-electron chi connectivity index (χ4n) is 1.56. The van der Waals surface area contributed by atoms with Crippen LogP contribution < -0.4 is 16.6 Å². The first kappa shape index (κ1) is 15.5. The van der Waals surface area contributed by atoms with Gasteiger partial charge in [0, 0.05) is 12.8 Å². The summed E-state index contributed by atoms with van der Waals surface area (Å²) in [7, 11) is 1.64. The molecule has 0 amide bonds. The second-order valence-electron chi connectivity index (χ2n) is 5.32. The lowest BCUT2D eigenvalue weighted by Crippen LogP contribution is -2.36. The number of benzene rings is 1. The van der Waals surface area contributed by atoms with E-state index in [4.69, 9.17) is 10.6 Å². The van der Waals surface area contributed by atoms with E-state index >= 15 is 0 Å². The van der Waals surface area contributed by atoms with Gasteiger partial charge in [-0.2, -0.15) is 0 Å². The van der Waals surface area contributed by atoms with Crippen LogP contribution in [0.4, 0.5) is 5.69 Å². The maximum absolute atomic E-state index is 5.42. The lowest BCUT2D eigenvalue weighted by Gasteiger charge is -2.19. The molecule has 0 saturated heterocycles. The zero-order chi connectivity index (χ0) is 14.3. The summed E-state index contributed by atoms with van der Waals surface area (Å²) in [5.74, 6) is 5.95. The van der Waals surface area contributed by atoms with E-state index in [1.54, 1.807) is 7.11 Å². The standard InChI is InChI=1S/C14H24N4O/c1-14(2,3)11-5-7-12(8-6-11)17-13(18-15)16-9-10-19-4/h5-8H,9-10,15H2,1-4H3,(H2,16,17,18). The number of ether oxygens (including phenoxy) is 1. The summed E-state index contributed by atoms with van der Waals surface area (Å²) in [5.41, 5.74) is 4.93. The molecule has 0 fully saturated rings. The van der Waals surface area contributed by atoms with Crippen molar-refractivity contribution in [3.05, 3.63) is 29.8 Å². The number of methoxy groups -OCH3 is 1. The Balaban J connectivity index is 2.68. The van der Waals surface area contributed by atoms with Crippen LogP contribution >= 0.6 is 0 Å². The van der Waals surface area contributed by atoms with E-state index in [9.17, 15) is 0 Å². The third-order valence-electron chi connectivity index (χ3n) is 2.72. The van der Waals surface area contributed by atoms with Crippen LogP contribution in [0.2, 0.25) is 0 Å². The van der Waals surface area contributed by atoms with Crippen molar-refractivity contribution >= 4 is 11.6 Å². The summed E-state index contributed by atoms with van der Waals surface area (Å²) in [6, 6.07) is 8.24. The van der Waals surface area contributed by atoms with Gasteiger partial charge in [0.15, 0.2) is 0 Å². The van der Waals surface area contributed by atoms with Gasteiger partial charge in [-0.3, -0.25) is 5.43 Å². The molecule has 0 aromatic heterocycles. The van der Waals surface area contributed by atoms with Crippen molar-refractivity contribution < 1.29 is 4.74 Å². The number of nitrogens with two attached hydrogens (primary N) is 1. The Kier molecular flexibility index (Phi) is 5.79. The molecule has 19 heavy (non-hydrogen) atoms. The zero-order valence-corrected chi connectivity index (χ0v) is 12.2. The van der Waals surface area contributed by atoms with Gasteiger partial charge in [-0.15, -0.1) is 0 Å². The van der Waals surface area contributed by atoms with Gasteiger partial charge in [-0.25, -0.2) is 10.8 Å². The molecule has 0 heterocycles. The van der Waals surface area contributed by atoms with E-state index < -0.39 is 0 Å². The van der Waals surface area contributed by atoms with Crippen LogP contribution in [0.15, 0.2) is 29.3 Å². The highest BCUT2D eigenvalue weighted by Crippen LogP contribution is 2.23. The number of aliphatic imine (C=N–C) groups is 1. The highest BCUT2D eigenvalue weighted by Gasteiger charge is 2.12. The quantitative estimate of drug-likeness (QED) is 0.255. The Morgan fingerprint density at radius 1 is 1.26 bits per heavy atom. The summed E-state index contributed by atoms with van der Waals surface area (Å²) >= 11 is 0. The van der Waals surface area contributed by atoms with E-state index in [0.717, 1.165) is 5.69 Å². The summed E-state index contributed by atoms with van der Waals surface area (Å²) < 4.78 is 4.94. The lowest BCUT2D eigenvalue weighted by atomic mass is 9.87. The summed E-state index contributed by atoms with van der Waals surface area (Å²) in [6.45, 7) is 7.69. The molecule has 0 unspecified atom stereocenters. The van der Waals surface area contributed by atoms with Crippen LogP contribution in [0, 0.1) is 0 Å². The second-order valence-corrected chi connectivity index (χ2v) is 5.32. The van der Waals surface area contributed by atoms with Crippen molar-refractivity contribution in [2.45, 2.75) is 26.2 Å². The Hall–Kier alpha value is -1.59. The molecule has 106 valence electrons. The first-order chi connectivity index (χ1) is 8.97. The smallest absolute Gasteiger partial charge is 0.210 e. The molecule has 5 nitrogen and oxygen atoms in total. The molecule has 0 atom stereocenters. The van der Waals surface area contributed by atoms with E-state index in [1.165, 1.54) is 5.56 Å². The third-order valence-corrected chi connectivity index (χ3v) is 2.72. The maximum Gasteiger partial charge on any atom is 0.210 e. The first-order valence-corrected chi connectivity index (χ1v) is 6.35. The summed E-state index contributed by atoms with van der Waals surface area (Å²) in [4.78, 5) is 4.24. The second kappa shape index (κ2) is 7.11. The van der Waals surface area contributed by atoms with Gasteiger partial charge >= 0.3 is 0 Å². The highest BCUT2D eigenvalue weighted by atomic mass is 16.5. The number of rotatable bonds is 4. The molecule has 0 aliphatic carbocycles. The van der Waals surface area contributed by atoms with Gasteiger partial charge in [0.05, 0.1) is 13.2 Å². The molecule has 0 aliphatic heterocycles. The van der Waals surface area contributed by atoms with Crippen LogP contribution in [0.1, 0.15) is 26.3 Å². The number of hydrogen-bond acceptors (Lipinski definition) is 3. The summed E-state index contributed by atoms with van der Waals surface area (Å²) in [5, 5.41) is 3.12.